The quantitative estimate of drug-likeness (QED) is 0.554. The Bertz CT molecular complexity index is 1320. The van der Waals surface area contributed by atoms with E-state index in [1.165, 1.54) is 11.1 Å². The number of sulfone groups is 1. The molecule has 0 aromatic heterocycles. The van der Waals surface area contributed by atoms with Crippen LogP contribution in [0.3, 0.4) is 0 Å². The lowest BCUT2D eigenvalue weighted by Crippen LogP contribution is -2.42. The first-order valence-corrected chi connectivity index (χ1v) is 14.5. The maximum Gasteiger partial charge on any atom is 0.338 e. The van der Waals surface area contributed by atoms with Crippen LogP contribution in [0.15, 0.2) is 41.3 Å². The number of nitrogens with zero attached hydrogens (tertiary/aromatic N) is 2. The predicted molar refractivity (Wildman–Crippen MR) is 136 cm³/mol. The third-order valence-corrected chi connectivity index (χ3v) is 10.9. The summed E-state index contributed by atoms with van der Waals surface area (Å²) in [7, 11) is -3.22. The molecule has 2 aromatic rings. The summed E-state index contributed by atoms with van der Waals surface area (Å²) in [5.74, 6) is -0.0906. The van der Waals surface area contributed by atoms with Gasteiger partial charge in [-0.05, 0) is 99.0 Å². The number of anilines is 1. The Morgan fingerprint density at radius 3 is 2.44 bits per heavy atom. The van der Waals surface area contributed by atoms with Crippen LogP contribution in [0.2, 0.25) is 0 Å². The van der Waals surface area contributed by atoms with Crippen LogP contribution in [0.5, 0.6) is 0 Å². The van der Waals surface area contributed by atoms with Gasteiger partial charge in [-0.15, -0.1) is 0 Å². The number of piperidine rings is 1. The second-order valence-corrected chi connectivity index (χ2v) is 13.2. The molecule has 2 saturated heterocycles. The van der Waals surface area contributed by atoms with Crippen molar-refractivity contribution < 1.29 is 22.7 Å². The average Bonchev–Trinajstić information content (AvgIpc) is 3.60. The van der Waals surface area contributed by atoms with Gasteiger partial charge in [0.05, 0.1) is 15.7 Å². The van der Waals surface area contributed by atoms with Crippen molar-refractivity contribution in [3.8, 4) is 0 Å². The fourth-order valence-corrected chi connectivity index (χ4v) is 7.71. The summed E-state index contributed by atoms with van der Waals surface area (Å²) in [5.41, 5.74) is 4.95. The highest BCUT2D eigenvalue weighted by Crippen LogP contribution is 2.43. The van der Waals surface area contributed by atoms with Crippen LogP contribution < -0.4 is 4.90 Å². The second-order valence-electron chi connectivity index (χ2n) is 10.9. The molecule has 36 heavy (non-hydrogen) atoms. The molecule has 0 N–H and O–H groups in total. The molecule has 190 valence electrons. The molecular formula is C28H32N2O5S. The third-order valence-electron chi connectivity index (χ3n) is 8.65. The zero-order valence-electron chi connectivity index (χ0n) is 20.7. The van der Waals surface area contributed by atoms with Gasteiger partial charge in [0.25, 0.3) is 0 Å². The van der Waals surface area contributed by atoms with E-state index in [2.05, 4.69) is 17.9 Å². The van der Waals surface area contributed by atoms with Gasteiger partial charge in [0.15, 0.2) is 9.84 Å². The Morgan fingerprint density at radius 2 is 1.75 bits per heavy atom. The molecule has 3 heterocycles. The number of benzene rings is 2. The number of hydrogen-bond donors (Lipinski definition) is 0. The van der Waals surface area contributed by atoms with E-state index in [4.69, 9.17) is 4.74 Å². The molecule has 7 nitrogen and oxygen atoms in total. The van der Waals surface area contributed by atoms with Gasteiger partial charge in [0.2, 0.25) is 5.91 Å². The molecule has 1 aliphatic carbocycles. The van der Waals surface area contributed by atoms with Crippen molar-refractivity contribution in [3.05, 3.63) is 58.7 Å². The fraction of sp³-hybridized carbons (Fsp3) is 0.500. The van der Waals surface area contributed by atoms with Gasteiger partial charge < -0.3 is 14.5 Å². The molecule has 6 rings (SSSR count). The van der Waals surface area contributed by atoms with Gasteiger partial charge in [-0.1, -0.05) is 6.07 Å². The predicted octanol–water partition coefficient (Wildman–Crippen LogP) is 3.66. The molecule has 0 radical (unpaired) electrons. The van der Waals surface area contributed by atoms with Crippen LogP contribution >= 0.6 is 0 Å². The van der Waals surface area contributed by atoms with Gasteiger partial charge >= 0.3 is 5.97 Å². The van der Waals surface area contributed by atoms with Crippen LogP contribution in [-0.2, 0) is 32.4 Å². The highest BCUT2D eigenvalue weighted by Gasteiger charge is 2.45. The van der Waals surface area contributed by atoms with Crippen LogP contribution in [0.4, 0.5) is 5.69 Å². The normalized spacial score (nSPS) is 21.8. The maximum atomic E-state index is 13.0. The molecule has 8 heteroatoms. The molecule has 0 atom stereocenters. The van der Waals surface area contributed by atoms with Gasteiger partial charge in [-0.25, -0.2) is 13.2 Å². The summed E-state index contributed by atoms with van der Waals surface area (Å²) < 4.78 is 30.2. The van der Waals surface area contributed by atoms with Crippen molar-refractivity contribution in [2.75, 3.05) is 31.1 Å². The number of ether oxygens (including phenoxy) is 1. The summed E-state index contributed by atoms with van der Waals surface area (Å²) in [6.07, 6.45) is 4.94. The first-order chi connectivity index (χ1) is 17.3. The van der Waals surface area contributed by atoms with Crippen LogP contribution in [-0.4, -0.2) is 56.6 Å². The van der Waals surface area contributed by atoms with Crippen molar-refractivity contribution in [3.63, 3.8) is 0 Å². The minimum absolute atomic E-state index is 0.00642. The van der Waals surface area contributed by atoms with Crippen molar-refractivity contribution >= 4 is 27.4 Å². The van der Waals surface area contributed by atoms with Gasteiger partial charge in [0, 0.05) is 30.8 Å². The van der Waals surface area contributed by atoms with E-state index in [0.717, 1.165) is 63.0 Å². The van der Waals surface area contributed by atoms with Gasteiger partial charge in [-0.3, -0.25) is 4.79 Å². The van der Waals surface area contributed by atoms with Crippen molar-refractivity contribution in [2.24, 2.45) is 5.41 Å². The Hall–Kier alpha value is -2.71. The van der Waals surface area contributed by atoms with E-state index in [1.54, 1.807) is 24.3 Å². The second kappa shape index (κ2) is 8.70. The average molecular weight is 509 g/mol. The summed E-state index contributed by atoms with van der Waals surface area (Å²) in [6.45, 7) is 6.04. The summed E-state index contributed by atoms with van der Waals surface area (Å²) in [4.78, 5) is 29.4. The third kappa shape index (κ3) is 4.14. The lowest BCUT2D eigenvalue weighted by Gasteiger charge is -2.39. The number of rotatable bonds is 6. The van der Waals surface area contributed by atoms with Crippen LogP contribution in [0.25, 0.3) is 0 Å². The molecule has 0 unspecified atom stereocenters. The van der Waals surface area contributed by atoms with E-state index in [0.29, 0.717) is 30.0 Å². The molecular weight excluding hydrogens is 476 g/mol. The number of cyclic esters (lactones) is 1. The van der Waals surface area contributed by atoms with Gasteiger partial charge in [0.1, 0.15) is 6.61 Å². The Morgan fingerprint density at radius 1 is 1.03 bits per heavy atom. The molecule has 0 bridgehead atoms. The molecule has 3 fully saturated rings. The summed E-state index contributed by atoms with van der Waals surface area (Å²) >= 11 is 0. The molecule has 1 spiro atoms. The minimum Gasteiger partial charge on any atom is -0.457 e. The molecule has 1 amide bonds. The zero-order chi connectivity index (χ0) is 25.1. The van der Waals surface area contributed by atoms with Crippen LogP contribution in [0.1, 0.15) is 59.2 Å². The van der Waals surface area contributed by atoms with E-state index in [-0.39, 0.29) is 22.5 Å². The molecule has 4 aliphatic rings. The van der Waals surface area contributed by atoms with E-state index < -0.39 is 9.84 Å². The summed E-state index contributed by atoms with van der Waals surface area (Å²) in [5, 5.41) is -0.227. The SMILES string of the molecule is Cc1c(CCN2CCC3(CC2)CC(=O)N(c2ccc(S(=O)(=O)C4CC4)cc2)C3)ccc2c1COC2=O. The van der Waals surface area contributed by atoms with E-state index in [9.17, 15) is 18.0 Å². The lowest BCUT2D eigenvalue weighted by atomic mass is 9.77. The largest absolute Gasteiger partial charge is 0.457 e. The van der Waals surface area contributed by atoms with Crippen molar-refractivity contribution in [2.45, 2.75) is 62.2 Å². The number of likely N-dealkylation sites (tertiary alicyclic amines) is 1. The summed E-state index contributed by atoms with van der Waals surface area (Å²) in [6, 6.07) is 10.9. The number of carbonyl (C=O) groups excluding carboxylic acids is 2. The highest BCUT2D eigenvalue weighted by molar-refractivity contribution is 7.92. The van der Waals surface area contributed by atoms with E-state index >= 15 is 0 Å². The molecule has 3 aliphatic heterocycles. The number of fused-ring (bicyclic) bond motifs is 1. The Labute approximate surface area is 212 Å². The van der Waals surface area contributed by atoms with Gasteiger partial charge in [-0.2, -0.15) is 0 Å². The Kier molecular flexibility index (Phi) is 5.72. The number of carbonyl (C=O) groups is 2. The topological polar surface area (TPSA) is 84.0 Å². The standard InChI is InChI=1S/C28H32N2O5S/c1-19-20(2-9-24-25(19)17-35-27(24)32)10-13-29-14-11-28(12-15-29)16-26(31)30(18-28)21-3-5-22(6-4-21)36(33,34)23-7-8-23/h2-6,9,23H,7-8,10-18H2,1H3. The minimum atomic E-state index is -3.22. The highest BCUT2D eigenvalue weighted by atomic mass is 32.2. The number of esters is 1. The molecule has 1 saturated carbocycles. The van der Waals surface area contributed by atoms with Crippen molar-refractivity contribution in [1.29, 1.82) is 0 Å². The molecule has 2 aromatic carbocycles. The monoisotopic (exact) mass is 508 g/mol. The Balaban J connectivity index is 1.06. The van der Waals surface area contributed by atoms with E-state index in [1.807, 2.05) is 11.0 Å². The smallest absolute Gasteiger partial charge is 0.338 e. The first-order valence-electron chi connectivity index (χ1n) is 12.9. The lowest BCUT2D eigenvalue weighted by molar-refractivity contribution is -0.118. The number of amides is 1. The first kappa shape index (κ1) is 23.7. The maximum absolute atomic E-state index is 13.0. The fourth-order valence-electron chi connectivity index (χ4n) is 6.05. The van der Waals surface area contributed by atoms with Crippen molar-refractivity contribution in [1.82, 2.24) is 4.90 Å². The zero-order valence-corrected chi connectivity index (χ0v) is 21.5. The number of hydrogen-bond acceptors (Lipinski definition) is 6. The van der Waals surface area contributed by atoms with Crippen LogP contribution in [0, 0.1) is 12.3 Å².